The van der Waals surface area contributed by atoms with E-state index in [1.165, 1.54) is 13.0 Å². The monoisotopic (exact) mass is 470 g/mol. The molecule has 152 valence electrons. The molecule has 0 amide bonds. The number of aromatic nitrogens is 1. The first-order valence-corrected chi connectivity index (χ1v) is 10.1. The van der Waals surface area contributed by atoms with Crippen molar-refractivity contribution in [2.75, 3.05) is 6.61 Å². The first kappa shape index (κ1) is 23.7. The number of hydrogen-bond donors (Lipinski definition) is 0. The standard InChI is InChI=1S/C17H22BrF3N2O3S/c1-5-26-15(24)10-11(17(19,20)21)9-13(23-27(25)16(2,3)4)12-7-6-8-14(18)22-12/h6-8,11H,5,9-10H2,1-4H3/t11-,27?/m0/s1. The van der Waals surface area contributed by atoms with Crippen molar-refractivity contribution >= 4 is 38.6 Å². The molecule has 0 aliphatic heterocycles. The number of ether oxygens (including phenoxy) is 1. The summed E-state index contributed by atoms with van der Waals surface area (Å²) in [5.74, 6) is -2.97. The topological polar surface area (TPSA) is 68.6 Å². The number of nitrogens with zero attached hydrogens (tertiary/aromatic N) is 2. The van der Waals surface area contributed by atoms with Crippen LogP contribution in [0.3, 0.4) is 0 Å². The maximum absolute atomic E-state index is 13.5. The van der Waals surface area contributed by atoms with Gasteiger partial charge in [-0.15, -0.1) is 0 Å². The van der Waals surface area contributed by atoms with Crippen LogP contribution in [-0.2, 0) is 20.5 Å². The van der Waals surface area contributed by atoms with E-state index in [1.54, 1.807) is 32.9 Å². The first-order chi connectivity index (χ1) is 12.3. The van der Waals surface area contributed by atoms with Crippen LogP contribution in [0.2, 0.25) is 0 Å². The van der Waals surface area contributed by atoms with E-state index >= 15 is 0 Å². The predicted molar refractivity (Wildman–Crippen MR) is 102 cm³/mol. The second-order valence-corrected chi connectivity index (χ2v) is 9.41. The van der Waals surface area contributed by atoms with Crippen LogP contribution in [0, 0.1) is 5.92 Å². The molecule has 0 fully saturated rings. The van der Waals surface area contributed by atoms with Crippen LogP contribution in [0.4, 0.5) is 13.2 Å². The second-order valence-electron chi connectivity index (χ2n) is 6.70. The third kappa shape index (κ3) is 8.08. The van der Waals surface area contributed by atoms with Gasteiger partial charge in [-0.05, 0) is 55.8 Å². The molecule has 1 rings (SSSR count). The molecule has 1 aromatic heterocycles. The molecule has 10 heteroatoms. The maximum atomic E-state index is 13.5. The molecule has 0 aliphatic carbocycles. The summed E-state index contributed by atoms with van der Waals surface area (Å²) in [6.45, 7) is 6.51. The lowest BCUT2D eigenvalue weighted by molar-refractivity contribution is -0.182. The van der Waals surface area contributed by atoms with Gasteiger partial charge >= 0.3 is 12.1 Å². The summed E-state index contributed by atoms with van der Waals surface area (Å²) in [6, 6.07) is 4.69. The summed E-state index contributed by atoms with van der Waals surface area (Å²) in [4.78, 5) is 15.7. The van der Waals surface area contributed by atoms with E-state index in [0.29, 0.717) is 4.60 Å². The fraction of sp³-hybridized carbons (Fsp3) is 0.588. The molecule has 1 heterocycles. The Morgan fingerprint density at radius 2 is 1.93 bits per heavy atom. The third-order valence-electron chi connectivity index (χ3n) is 3.35. The van der Waals surface area contributed by atoms with Crippen molar-refractivity contribution in [1.82, 2.24) is 4.98 Å². The molecule has 5 nitrogen and oxygen atoms in total. The Hall–Kier alpha value is -1.29. The SMILES string of the molecule is CCOC(=O)C[C@H](CC(=NS(=O)C(C)(C)C)c1cccc(Br)n1)C(F)(F)F. The average molecular weight is 471 g/mol. The zero-order valence-corrected chi connectivity index (χ0v) is 17.9. The van der Waals surface area contributed by atoms with Gasteiger partial charge in [-0.25, -0.2) is 9.19 Å². The molecule has 0 spiro atoms. The number of pyridine rings is 1. The molecule has 0 saturated heterocycles. The van der Waals surface area contributed by atoms with Crippen LogP contribution < -0.4 is 0 Å². The van der Waals surface area contributed by atoms with E-state index in [-0.39, 0.29) is 18.0 Å². The van der Waals surface area contributed by atoms with Gasteiger partial charge in [-0.3, -0.25) is 4.79 Å². The van der Waals surface area contributed by atoms with E-state index in [4.69, 9.17) is 0 Å². The Morgan fingerprint density at radius 3 is 2.41 bits per heavy atom. The molecule has 27 heavy (non-hydrogen) atoms. The molecule has 0 N–H and O–H groups in total. The summed E-state index contributed by atoms with van der Waals surface area (Å²) < 4.78 is 61.2. The number of alkyl halides is 3. The number of halogens is 4. The van der Waals surface area contributed by atoms with E-state index in [9.17, 15) is 22.2 Å². The summed E-state index contributed by atoms with van der Waals surface area (Å²) >= 11 is 3.16. The maximum Gasteiger partial charge on any atom is 0.392 e. The van der Waals surface area contributed by atoms with Crippen molar-refractivity contribution in [3.8, 4) is 0 Å². The minimum atomic E-state index is -4.65. The van der Waals surface area contributed by atoms with Crippen LogP contribution in [0.25, 0.3) is 0 Å². The third-order valence-corrected chi connectivity index (χ3v) is 5.22. The zero-order chi connectivity index (χ0) is 20.8. The fourth-order valence-electron chi connectivity index (χ4n) is 1.95. The van der Waals surface area contributed by atoms with Crippen molar-refractivity contribution < 1.29 is 26.9 Å². The number of rotatable bonds is 7. The number of esters is 1. The molecular weight excluding hydrogens is 449 g/mol. The van der Waals surface area contributed by atoms with Crippen molar-refractivity contribution in [1.29, 1.82) is 0 Å². The number of carbonyl (C=O) groups is 1. The Kier molecular flexibility index (Phi) is 8.59. The van der Waals surface area contributed by atoms with Gasteiger partial charge in [0.2, 0.25) is 0 Å². The molecule has 0 saturated carbocycles. The van der Waals surface area contributed by atoms with Gasteiger partial charge in [0.1, 0.15) is 15.6 Å². The molecule has 2 atom stereocenters. The van der Waals surface area contributed by atoms with Crippen molar-refractivity contribution in [3.63, 3.8) is 0 Å². The van der Waals surface area contributed by atoms with Gasteiger partial charge in [0.05, 0.1) is 35.1 Å². The lowest BCUT2D eigenvalue weighted by Crippen LogP contribution is -2.30. The Balaban J connectivity index is 3.29. The zero-order valence-electron chi connectivity index (χ0n) is 15.5. The summed E-state index contributed by atoms with van der Waals surface area (Å²) in [5.41, 5.74) is 0.0938. The average Bonchev–Trinajstić information content (AvgIpc) is 2.51. The van der Waals surface area contributed by atoms with Gasteiger partial charge < -0.3 is 4.74 Å². The van der Waals surface area contributed by atoms with Crippen LogP contribution >= 0.6 is 15.9 Å². The number of hydrogen-bond acceptors (Lipinski definition) is 4. The first-order valence-electron chi connectivity index (χ1n) is 8.19. The second kappa shape index (κ2) is 9.77. The van der Waals surface area contributed by atoms with Crippen LogP contribution in [0.5, 0.6) is 0 Å². The van der Waals surface area contributed by atoms with Crippen LogP contribution in [-0.4, -0.2) is 38.4 Å². The van der Waals surface area contributed by atoms with E-state index in [0.717, 1.165) is 0 Å². The van der Waals surface area contributed by atoms with E-state index in [2.05, 4.69) is 30.0 Å². The highest BCUT2D eigenvalue weighted by Crippen LogP contribution is 2.33. The van der Waals surface area contributed by atoms with E-state index in [1.807, 2.05) is 0 Å². The molecule has 0 aromatic carbocycles. The highest BCUT2D eigenvalue weighted by Gasteiger charge is 2.42. The van der Waals surface area contributed by atoms with Gasteiger partial charge in [0.15, 0.2) is 0 Å². The van der Waals surface area contributed by atoms with Gasteiger partial charge in [-0.2, -0.15) is 17.6 Å². The molecular formula is C17H22BrF3N2O3S. The normalized spacial score (nSPS) is 15.3. The highest BCUT2D eigenvalue weighted by molar-refractivity contribution is 9.10. The molecule has 1 aromatic rings. The summed E-state index contributed by atoms with van der Waals surface area (Å²) in [6.07, 6.45) is -6.12. The Morgan fingerprint density at radius 1 is 1.30 bits per heavy atom. The lowest BCUT2D eigenvalue weighted by atomic mass is 9.96. The van der Waals surface area contributed by atoms with Crippen molar-refractivity contribution in [2.24, 2.45) is 10.3 Å². The fourth-order valence-corrected chi connectivity index (χ4v) is 2.94. The highest BCUT2D eigenvalue weighted by atomic mass is 79.9. The Labute approximate surface area is 167 Å². The Bertz CT molecular complexity index is 718. The predicted octanol–water partition coefficient (Wildman–Crippen LogP) is 4.62. The minimum Gasteiger partial charge on any atom is -0.466 e. The largest absolute Gasteiger partial charge is 0.466 e. The smallest absolute Gasteiger partial charge is 0.392 e. The van der Waals surface area contributed by atoms with Crippen molar-refractivity contribution in [3.05, 3.63) is 28.5 Å². The summed E-state index contributed by atoms with van der Waals surface area (Å²) in [7, 11) is -1.78. The molecule has 0 aliphatic rings. The van der Waals surface area contributed by atoms with Gasteiger partial charge in [0, 0.05) is 6.42 Å². The van der Waals surface area contributed by atoms with Gasteiger partial charge in [0.25, 0.3) is 0 Å². The quantitative estimate of drug-likeness (QED) is 0.331. The number of carbonyl (C=O) groups excluding carboxylic acids is 1. The van der Waals surface area contributed by atoms with Gasteiger partial charge in [-0.1, -0.05) is 6.07 Å². The minimum absolute atomic E-state index is 0.00835. The van der Waals surface area contributed by atoms with Crippen LogP contribution in [0.15, 0.2) is 27.2 Å². The van der Waals surface area contributed by atoms with Crippen molar-refractivity contribution in [2.45, 2.75) is 51.5 Å². The lowest BCUT2D eigenvalue weighted by Gasteiger charge is -2.21. The molecule has 0 bridgehead atoms. The summed E-state index contributed by atoms with van der Waals surface area (Å²) in [5, 5.41) is 0. The van der Waals surface area contributed by atoms with E-state index < -0.39 is 46.6 Å². The molecule has 1 unspecified atom stereocenters. The molecule has 0 radical (unpaired) electrons. The van der Waals surface area contributed by atoms with Crippen LogP contribution in [0.1, 0.15) is 46.2 Å².